The largest absolute Gasteiger partial charge is 0.456 e. The number of aromatic nitrogens is 1. The second-order valence-corrected chi connectivity index (χ2v) is 6.20. The molecule has 0 spiro atoms. The summed E-state index contributed by atoms with van der Waals surface area (Å²) < 4.78 is 5.69. The Morgan fingerprint density at radius 3 is 2.56 bits per heavy atom. The molecule has 0 atom stereocenters. The zero-order chi connectivity index (χ0) is 18.1. The van der Waals surface area contributed by atoms with Gasteiger partial charge in [0.05, 0.1) is 18.7 Å². The van der Waals surface area contributed by atoms with Crippen molar-refractivity contribution in [2.75, 3.05) is 13.1 Å². The maximum Gasteiger partial charge on any atom is 0.253 e. The lowest BCUT2D eigenvalue weighted by Crippen LogP contribution is -2.33. The topological polar surface area (TPSA) is 66.2 Å². The van der Waals surface area contributed by atoms with Crippen LogP contribution < -0.4 is 4.74 Å². The molecule has 0 aliphatic rings. The van der Waals surface area contributed by atoms with Gasteiger partial charge in [-0.1, -0.05) is 13.8 Å². The van der Waals surface area contributed by atoms with Crippen LogP contribution in [0.3, 0.4) is 0 Å². The zero-order valence-corrected chi connectivity index (χ0v) is 14.7. The summed E-state index contributed by atoms with van der Waals surface area (Å²) in [6.45, 7) is 5.36. The highest BCUT2D eigenvalue weighted by Gasteiger charge is 2.16. The molecule has 0 N–H and O–H groups in total. The van der Waals surface area contributed by atoms with Gasteiger partial charge in [-0.2, -0.15) is 5.26 Å². The minimum absolute atomic E-state index is 0.0520. The summed E-state index contributed by atoms with van der Waals surface area (Å²) in [4.78, 5) is 18.4. The quantitative estimate of drug-likeness (QED) is 0.721. The van der Waals surface area contributed by atoms with Gasteiger partial charge in [-0.25, -0.2) is 0 Å². The molecule has 0 bridgehead atoms. The van der Waals surface area contributed by atoms with E-state index in [1.54, 1.807) is 47.6 Å². The van der Waals surface area contributed by atoms with E-state index in [4.69, 9.17) is 10.00 Å². The molecule has 130 valence electrons. The molecule has 0 aliphatic heterocycles. The summed E-state index contributed by atoms with van der Waals surface area (Å²) >= 11 is 0. The number of benzene rings is 1. The van der Waals surface area contributed by atoms with E-state index in [0.717, 1.165) is 6.42 Å². The van der Waals surface area contributed by atoms with Crippen LogP contribution in [0.5, 0.6) is 11.5 Å². The molecule has 1 aromatic carbocycles. The van der Waals surface area contributed by atoms with Crippen molar-refractivity contribution in [3.63, 3.8) is 0 Å². The van der Waals surface area contributed by atoms with Gasteiger partial charge >= 0.3 is 0 Å². The van der Waals surface area contributed by atoms with E-state index >= 15 is 0 Å². The molecule has 0 saturated carbocycles. The monoisotopic (exact) mass is 337 g/mol. The maximum atomic E-state index is 12.7. The number of pyridine rings is 1. The highest BCUT2D eigenvalue weighted by Crippen LogP contribution is 2.21. The van der Waals surface area contributed by atoms with E-state index in [1.165, 1.54) is 0 Å². The highest BCUT2D eigenvalue weighted by atomic mass is 16.5. The van der Waals surface area contributed by atoms with Gasteiger partial charge in [-0.05, 0) is 48.7 Å². The summed E-state index contributed by atoms with van der Waals surface area (Å²) in [6.07, 6.45) is 4.57. The van der Waals surface area contributed by atoms with Crippen LogP contribution in [0.25, 0.3) is 0 Å². The molecule has 1 heterocycles. The second kappa shape index (κ2) is 9.43. The first-order chi connectivity index (χ1) is 12.1. The normalized spacial score (nSPS) is 10.3. The van der Waals surface area contributed by atoms with E-state index in [2.05, 4.69) is 24.9 Å². The number of ether oxygens (including phenoxy) is 1. The number of nitriles is 1. The second-order valence-electron chi connectivity index (χ2n) is 6.20. The van der Waals surface area contributed by atoms with Gasteiger partial charge in [-0.3, -0.25) is 9.78 Å². The maximum absolute atomic E-state index is 12.7. The molecule has 25 heavy (non-hydrogen) atoms. The molecule has 0 unspecified atom stereocenters. The number of rotatable bonds is 8. The van der Waals surface area contributed by atoms with E-state index in [9.17, 15) is 4.79 Å². The fraction of sp³-hybridized carbons (Fsp3) is 0.350. The van der Waals surface area contributed by atoms with Crippen molar-refractivity contribution in [3.05, 3.63) is 54.4 Å². The third-order valence-corrected chi connectivity index (χ3v) is 3.73. The first-order valence-corrected chi connectivity index (χ1v) is 8.44. The summed E-state index contributed by atoms with van der Waals surface area (Å²) in [5.74, 6) is 1.75. The fourth-order valence-corrected chi connectivity index (χ4v) is 2.31. The lowest BCUT2D eigenvalue weighted by Gasteiger charge is -2.22. The van der Waals surface area contributed by atoms with Crippen molar-refractivity contribution in [3.8, 4) is 17.6 Å². The van der Waals surface area contributed by atoms with Crippen LogP contribution in [0.1, 0.15) is 37.0 Å². The van der Waals surface area contributed by atoms with Crippen LogP contribution in [0.2, 0.25) is 0 Å². The molecule has 5 heteroatoms. The SMILES string of the molecule is CC(C)CCN(CCC#N)C(=O)c1ccc(Oc2cccnc2)cc1. The average Bonchev–Trinajstić information content (AvgIpc) is 2.62. The Balaban J connectivity index is 2.04. The van der Waals surface area contributed by atoms with Gasteiger partial charge in [0, 0.05) is 24.8 Å². The third-order valence-electron chi connectivity index (χ3n) is 3.73. The summed E-state index contributed by atoms with van der Waals surface area (Å²) in [5, 5.41) is 8.81. The number of carbonyl (C=O) groups is 1. The van der Waals surface area contributed by atoms with Crippen LogP contribution in [-0.4, -0.2) is 28.9 Å². The first-order valence-electron chi connectivity index (χ1n) is 8.44. The van der Waals surface area contributed by atoms with Gasteiger partial charge in [0.1, 0.15) is 11.5 Å². The first kappa shape index (κ1) is 18.5. The highest BCUT2D eigenvalue weighted by molar-refractivity contribution is 5.94. The van der Waals surface area contributed by atoms with Crippen molar-refractivity contribution in [2.45, 2.75) is 26.7 Å². The van der Waals surface area contributed by atoms with E-state index in [1.807, 2.05) is 6.07 Å². The lowest BCUT2D eigenvalue weighted by molar-refractivity contribution is 0.0752. The van der Waals surface area contributed by atoms with Crippen molar-refractivity contribution in [1.29, 1.82) is 5.26 Å². The van der Waals surface area contributed by atoms with Crippen LogP contribution in [0.4, 0.5) is 0 Å². The van der Waals surface area contributed by atoms with Gasteiger partial charge in [0.25, 0.3) is 5.91 Å². The van der Waals surface area contributed by atoms with Crippen molar-refractivity contribution >= 4 is 5.91 Å². The van der Waals surface area contributed by atoms with Gasteiger partial charge in [-0.15, -0.1) is 0 Å². The van der Waals surface area contributed by atoms with Crippen LogP contribution in [0, 0.1) is 17.2 Å². The zero-order valence-electron chi connectivity index (χ0n) is 14.7. The van der Waals surface area contributed by atoms with E-state index in [-0.39, 0.29) is 5.91 Å². The predicted molar refractivity (Wildman–Crippen MR) is 96.3 cm³/mol. The Bertz CT molecular complexity index is 706. The van der Waals surface area contributed by atoms with E-state index < -0.39 is 0 Å². The summed E-state index contributed by atoms with van der Waals surface area (Å²) in [7, 11) is 0. The Hall–Kier alpha value is -2.87. The Morgan fingerprint density at radius 2 is 1.96 bits per heavy atom. The number of hydrogen-bond acceptors (Lipinski definition) is 4. The summed E-state index contributed by atoms with van der Waals surface area (Å²) in [6, 6.07) is 12.8. The number of nitrogens with zero attached hydrogens (tertiary/aromatic N) is 3. The molecule has 1 aromatic heterocycles. The third kappa shape index (κ3) is 5.92. The Morgan fingerprint density at radius 1 is 1.20 bits per heavy atom. The molecule has 1 amide bonds. The number of carbonyl (C=O) groups excluding carboxylic acids is 1. The van der Waals surface area contributed by atoms with Crippen molar-refractivity contribution < 1.29 is 9.53 Å². The Kier molecular flexibility index (Phi) is 6.97. The number of amides is 1. The average molecular weight is 337 g/mol. The van der Waals surface area contributed by atoms with Crippen LogP contribution in [0.15, 0.2) is 48.8 Å². The van der Waals surface area contributed by atoms with Crippen LogP contribution in [-0.2, 0) is 0 Å². The molecule has 0 aliphatic carbocycles. The molecule has 5 nitrogen and oxygen atoms in total. The Labute approximate surface area is 148 Å². The van der Waals surface area contributed by atoms with Crippen LogP contribution >= 0.6 is 0 Å². The molecule has 2 rings (SSSR count). The van der Waals surface area contributed by atoms with E-state index in [0.29, 0.717) is 42.5 Å². The predicted octanol–water partition coefficient (Wildman–Crippen LogP) is 4.28. The number of hydrogen-bond donors (Lipinski definition) is 0. The molecular weight excluding hydrogens is 314 g/mol. The minimum atomic E-state index is -0.0520. The van der Waals surface area contributed by atoms with Gasteiger partial charge < -0.3 is 9.64 Å². The van der Waals surface area contributed by atoms with Crippen molar-refractivity contribution in [2.24, 2.45) is 5.92 Å². The lowest BCUT2D eigenvalue weighted by atomic mass is 10.1. The fourth-order valence-electron chi connectivity index (χ4n) is 2.31. The molecule has 2 aromatic rings. The standard InChI is InChI=1S/C20H23N3O2/c1-16(2)10-14-23(13-4-11-21)20(24)17-6-8-18(9-7-17)25-19-5-3-12-22-15-19/h3,5-9,12,15-16H,4,10,13-14H2,1-2H3. The van der Waals surface area contributed by atoms with Gasteiger partial charge in [0.2, 0.25) is 0 Å². The molecule has 0 saturated heterocycles. The smallest absolute Gasteiger partial charge is 0.253 e. The minimum Gasteiger partial charge on any atom is -0.456 e. The summed E-state index contributed by atoms with van der Waals surface area (Å²) in [5.41, 5.74) is 0.597. The molecule has 0 fully saturated rings. The van der Waals surface area contributed by atoms with Gasteiger partial charge in [0.15, 0.2) is 0 Å². The molecular formula is C20H23N3O2. The molecule has 0 radical (unpaired) electrons. The van der Waals surface area contributed by atoms with Crippen molar-refractivity contribution in [1.82, 2.24) is 9.88 Å².